The van der Waals surface area contributed by atoms with Crippen molar-refractivity contribution in [3.63, 3.8) is 0 Å². The minimum Gasteiger partial charge on any atom is -0.487 e. The van der Waals surface area contributed by atoms with E-state index in [2.05, 4.69) is 9.97 Å². The molecule has 2 heterocycles. The predicted molar refractivity (Wildman–Crippen MR) is 65.5 cm³/mol. The van der Waals surface area contributed by atoms with E-state index in [-0.39, 0.29) is 12.4 Å². The van der Waals surface area contributed by atoms with E-state index in [1.165, 1.54) is 6.07 Å². The van der Waals surface area contributed by atoms with Crippen LogP contribution in [0.4, 0.5) is 4.39 Å². The van der Waals surface area contributed by atoms with Crippen molar-refractivity contribution in [3.8, 4) is 5.75 Å². The lowest BCUT2D eigenvalue weighted by Crippen LogP contribution is -2.04. The van der Waals surface area contributed by atoms with E-state index in [4.69, 9.17) is 10.5 Å². The highest BCUT2D eigenvalue weighted by molar-refractivity contribution is 5.21. The fourth-order valence-electron chi connectivity index (χ4n) is 1.49. The molecule has 0 saturated carbocycles. The molecule has 5 heteroatoms. The lowest BCUT2D eigenvalue weighted by Gasteiger charge is -2.06. The van der Waals surface area contributed by atoms with Crippen molar-refractivity contribution in [2.45, 2.75) is 13.0 Å². The van der Waals surface area contributed by atoms with Crippen molar-refractivity contribution < 1.29 is 9.13 Å². The normalized spacial score (nSPS) is 10.3. The number of hydrogen-bond donors (Lipinski definition) is 1. The Morgan fingerprint density at radius 2 is 2.11 bits per heavy atom. The van der Waals surface area contributed by atoms with Gasteiger partial charge in [0.05, 0.1) is 12.4 Å². The maximum absolute atomic E-state index is 12.9. The Bertz CT molecular complexity index is 502. The van der Waals surface area contributed by atoms with Crippen molar-refractivity contribution >= 4 is 0 Å². The molecule has 0 aliphatic rings. The molecule has 0 atom stereocenters. The van der Waals surface area contributed by atoms with Crippen LogP contribution in [-0.2, 0) is 13.0 Å². The summed E-state index contributed by atoms with van der Waals surface area (Å²) in [5, 5.41) is 0. The molecule has 0 aliphatic carbocycles. The summed E-state index contributed by atoms with van der Waals surface area (Å²) in [5.74, 6) is 0.271. The van der Waals surface area contributed by atoms with E-state index in [1.54, 1.807) is 12.4 Å². The summed E-state index contributed by atoms with van der Waals surface area (Å²) in [4.78, 5) is 7.95. The Kier molecular flexibility index (Phi) is 4.20. The third-order valence-electron chi connectivity index (χ3n) is 2.37. The van der Waals surface area contributed by atoms with E-state index in [0.717, 1.165) is 18.3 Å². The van der Waals surface area contributed by atoms with Gasteiger partial charge in [-0.25, -0.2) is 4.39 Å². The summed E-state index contributed by atoms with van der Waals surface area (Å²) in [7, 11) is 0. The van der Waals surface area contributed by atoms with Crippen molar-refractivity contribution in [3.05, 3.63) is 53.9 Å². The number of pyridine rings is 2. The second-order valence-electron chi connectivity index (χ2n) is 3.82. The number of aromatic nitrogens is 2. The van der Waals surface area contributed by atoms with Crippen LogP contribution < -0.4 is 10.5 Å². The van der Waals surface area contributed by atoms with Crippen molar-refractivity contribution in [2.24, 2.45) is 5.73 Å². The van der Waals surface area contributed by atoms with Gasteiger partial charge >= 0.3 is 0 Å². The molecule has 0 aromatic carbocycles. The van der Waals surface area contributed by atoms with E-state index in [9.17, 15) is 4.39 Å². The maximum atomic E-state index is 12.9. The molecule has 0 aliphatic heterocycles. The maximum Gasteiger partial charge on any atom is 0.141 e. The van der Waals surface area contributed by atoms with E-state index in [1.807, 2.05) is 12.1 Å². The van der Waals surface area contributed by atoms with Gasteiger partial charge in [-0.2, -0.15) is 0 Å². The second-order valence-corrected chi connectivity index (χ2v) is 3.82. The highest BCUT2D eigenvalue weighted by Gasteiger charge is 1.99. The summed E-state index contributed by atoms with van der Waals surface area (Å²) in [6.45, 7) is 0.838. The first-order valence-electron chi connectivity index (χ1n) is 5.65. The minimum atomic E-state index is -0.368. The first kappa shape index (κ1) is 12.4. The van der Waals surface area contributed by atoms with Gasteiger partial charge in [-0.15, -0.1) is 0 Å². The Morgan fingerprint density at radius 3 is 2.78 bits per heavy atom. The van der Waals surface area contributed by atoms with Crippen molar-refractivity contribution in [1.29, 1.82) is 0 Å². The summed E-state index contributed by atoms with van der Waals surface area (Å²) < 4.78 is 18.4. The molecule has 2 N–H and O–H groups in total. The van der Waals surface area contributed by atoms with Gasteiger partial charge in [0, 0.05) is 23.9 Å². The van der Waals surface area contributed by atoms with Crippen molar-refractivity contribution in [1.82, 2.24) is 9.97 Å². The highest BCUT2D eigenvalue weighted by atomic mass is 19.1. The van der Waals surface area contributed by atoms with Gasteiger partial charge < -0.3 is 10.5 Å². The van der Waals surface area contributed by atoms with Crippen LogP contribution in [0.2, 0.25) is 0 Å². The number of halogens is 1. The standard InChI is InChI=1S/C13H14FN3O/c14-11-5-10(6-16-7-11)9-18-13-2-1-12(3-4-15)17-8-13/h1-2,5-8H,3-4,9,15H2. The van der Waals surface area contributed by atoms with Gasteiger partial charge in [0.1, 0.15) is 18.2 Å². The van der Waals surface area contributed by atoms with Gasteiger partial charge in [0.15, 0.2) is 0 Å². The predicted octanol–water partition coefficient (Wildman–Crippen LogP) is 1.70. The lowest BCUT2D eigenvalue weighted by atomic mass is 10.2. The van der Waals surface area contributed by atoms with Gasteiger partial charge in [-0.1, -0.05) is 0 Å². The van der Waals surface area contributed by atoms with Gasteiger partial charge in [0.2, 0.25) is 0 Å². The smallest absolute Gasteiger partial charge is 0.141 e. The fourth-order valence-corrected chi connectivity index (χ4v) is 1.49. The summed E-state index contributed by atoms with van der Waals surface area (Å²) in [5.41, 5.74) is 7.04. The first-order valence-corrected chi connectivity index (χ1v) is 5.65. The Morgan fingerprint density at radius 1 is 1.22 bits per heavy atom. The number of rotatable bonds is 5. The minimum absolute atomic E-state index is 0.267. The van der Waals surface area contributed by atoms with Gasteiger partial charge in [-0.3, -0.25) is 9.97 Å². The van der Waals surface area contributed by atoms with E-state index < -0.39 is 0 Å². The Labute approximate surface area is 105 Å². The molecule has 0 unspecified atom stereocenters. The summed E-state index contributed by atoms with van der Waals surface area (Å²) >= 11 is 0. The molecule has 0 fully saturated rings. The molecule has 2 aromatic heterocycles. The zero-order chi connectivity index (χ0) is 12.8. The van der Waals surface area contributed by atoms with E-state index in [0.29, 0.717) is 17.9 Å². The molecule has 18 heavy (non-hydrogen) atoms. The number of ether oxygens (including phenoxy) is 1. The lowest BCUT2D eigenvalue weighted by molar-refractivity contribution is 0.303. The summed E-state index contributed by atoms with van der Waals surface area (Å²) in [6.07, 6.45) is 5.11. The first-order chi connectivity index (χ1) is 8.78. The molecule has 2 aromatic rings. The number of nitrogens with two attached hydrogens (primary N) is 1. The Hall–Kier alpha value is -2.01. The average molecular weight is 247 g/mol. The van der Waals surface area contributed by atoms with Crippen molar-refractivity contribution in [2.75, 3.05) is 6.54 Å². The topological polar surface area (TPSA) is 61.0 Å². The molecule has 2 rings (SSSR count). The van der Waals surface area contributed by atoms with Crippen LogP contribution in [0, 0.1) is 5.82 Å². The molecular formula is C13H14FN3O. The fraction of sp³-hybridized carbons (Fsp3) is 0.231. The van der Waals surface area contributed by atoms with E-state index >= 15 is 0 Å². The molecule has 0 spiro atoms. The molecule has 0 saturated heterocycles. The van der Waals surface area contributed by atoms with Crippen LogP contribution in [0.1, 0.15) is 11.3 Å². The molecule has 94 valence electrons. The van der Waals surface area contributed by atoms with Gasteiger partial charge in [0.25, 0.3) is 0 Å². The highest BCUT2D eigenvalue weighted by Crippen LogP contribution is 2.12. The van der Waals surface area contributed by atoms with Crippen LogP contribution in [0.15, 0.2) is 36.8 Å². The quantitative estimate of drug-likeness (QED) is 0.873. The number of hydrogen-bond acceptors (Lipinski definition) is 4. The zero-order valence-corrected chi connectivity index (χ0v) is 9.84. The molecule has 0 radical (unpaired) electrons. The van der Waals surface area contributed by atoms with Gasteiger partial charge in [-0.05, 0) is 24.7 Å². The average Bonchev–Trinajstić information content (AvgIpc) is 2.38. The SMILES string of the molecule is NCCc1ccc(OCc2cncc(F)c2)cn1. The largest absolute Gasteiger partial charge is 0.487 e. The summed E-state index contributed by atoms with van der Waals surface area (Å²) in [6, 6.07) is 5.08. The van der Waals surface area contributed by atoms with Crippen LogP contribution in [0.3, 0.4) is 0 Å². The number of nitrogens with zero attached hydrogens (tertiary/aromatic N) is 2. The van der Waals surface area contributed by atoms with Crippen LogP contribution in [0.5, 0.6) is 5.75 Å². The van der Waals surface area contributed by atoms with Crippen LogP contribution in [0.25, 0.3) is 0 Å². The Balaban J connectivity index is 1.93. The molecule has 4 nitrogen and oxygen atoms in total. The zero-order valence-electron chi connectivity index (χ0n) is 9.84. The third-order valence-corrected chi connectivity index (χ3v) is 2.37. The monoisotopic (exact) mass is 247 g/mol. The molecular weight excluding hydrogens is 233 g/mol. The molecule has 0 amide bonds. The molecule has 0 bridgehead atoms. The van der Waals surface area contributed by atoms with Crippen LogP contribution >= 0.6 is 0 Å². The van der Waals surface area contributed by atoms with Crippen LogP contribution in [-0.4, -0.2) is 16.5 Å². The second kappa shape index (κ2) is 6.07. The third kappa shape index (κ3) is 3.49.